The molecule has 0 heterocycles. The number of nitrogens with zero attached hydrogens (tertiary/aromatic N) is 1. The van der Waals surface area contributed by atoms with Crippen molar-refractivity contribution < 1.29 is 19.1 Å². The lowest BCUT2D eigenvalue weighted by molar-refractivity contribution is -0.116. The molecule has 0 saturated carbocycles. The molecule has 0 radical (unpaired) electrons. The highest BCUT2D eigenvalue weighted by Gasteiger charge is 2.16. The van der Waals surface area contributed by atoms with Crippen molar-refractivity contribution in [1.29, 1.82) is 0 Å². The number of allylic oxidation sites excluding steroid dienone is 1. The summed E-state index contributed by atoms with van der Waals surface area (Å²) >= 11 is 5.68. The van der Waals surface area contributed by atoms with Crippen LogP contribution in [0.1, 0.15) is 24.8 Å². The Hall–Kier alpha value is -2.99. The first-order valence-corrected chi connectivity index (χ1v) is 10.2. The zero-order valence-electron chi connectivity index (χ0n) is 17.5. The van der Waals surface area contributed by atoms with Crippen LogP contribution in [-0.2, 0) is 9.59 Å². The Kier molecular flexibility index (Phi) is 9.22. The van der Waals surface area contributed by atoms with E-state index in [1.165, 1.54) is 6.08 Å². The van der Waals surface area contributed by atoms with Gasteiger partial charge in [0.2, 0.25) is 5.91 Å². The minimum Gasteiger partial charge on any atom is -0.496 e. The van der Waals surface area contributed by atoms with Gasteiger partial charge >= 0.3 is 0 Å². The number of nitrogens with one attached hydrogen (secondary N) is 1. The predicted molar refractivity (Wildman–Crippen MR) is 122 cm³/mol. The van der Waals surface area contributed by atoms with Crippen LogP contribution < -0.4 is 19.7 Å². The fourth-order valence-electron chi connectivity index (χ4n) is 3.04. The van der Waals surface area contributed by atoms with Gasteiger partial charge in [-0.2, -0.15) is 0 Å². The normalized spacial score (nSPS) is 11.0. The number of hydrogen-bond acceptors (Lipinski definition) is 5. The summed E-state index contributed by atoms with van der Waals surface area (Å²) in [4.78, 5) is 25.5. The Morgan fingerprint density at radius 1 is 1.10 bits per heavy atom. The molecular weight excluding hydrogens is 404 g/mol. The Bertz CT molecular complexity index is 899. The van der Waals surface area contributed by atoms with Crippen molar-refractivity contribution in [2.45, 2.75) is 19.3 Å². The van der Waals surface area contributed by atoms with Crippen LogP contribution in [0.15, 0.2) is 48.5 Å². The van der Waals surface area contributed by atoms with Crippen molar-refractivity contribution in [3.05, 3.63) is 54.1 Å². The van der Waals surface area contributed by atoms with Gasteiger partial charge in [0.25, 0.3) is 0 Å². The third kappa shape index (κ3) is 6.00. The fourth-order valence-corrected chi connectivity index (χ4v) is 3.23. The van der Waals surface area contributed by atoms with Gasteiger partial charge in [-0.15, -0.1) is 11.6 Å². The van der Waals surface area contributed by atoms with Gasteiger partial charge in [-0.1, -0.05) is 12.1 Å². The molecule has 2 aromatic carbocycles. The van der Waals surface area contributed by atoms with Gasteiger partial charge in [-0.05, 0) is 43.2 Å². The lowest BCUT2D eigenvalue weighted by Gasteiger charge is -2.25. The maximum absolute atomic E-state index is 12.3. The summed E-state index contributed by atoms with van der Waals surface area (Å²) in [6.07, 6.45) is 4.10. The minimum absolute atomic E-state index is 0.105. The van der Waals surface area contributed by atoms with Crippen LogP contribution >= 0.6 is 11.6 Å². The smallest absolute Gasteiger partial charge is 0.224 e. The van der Waals surface area contributed by atoms with Gasteiger partial charge in [0.05, 0.1) is 25.6 Å². The molecular formula is C23H27ClN2O4. The van der Waals surface area contributed by atoms with Gasteiger partial charge in [-0.3, -0.25) is 9.59 Å². The number of amides is 1. The Balaban J connectivity index is 2.35. The Morgan fingerprint density at radius 3 is 2.50 bits per heavy atom. The number of benzene rings is 2. The van der Waals surface area contributed by atoms with Gasteiger partial charge in [0.15, 0.2) is 0 Å². The van der Waals surface area contributed by atoms with Crippen LogP contribution in [-0.4, -0.2) is 39.3 Å². The molecule has 6 nitrogen and oxygen atoms in total. The topological polar surface area (TPSA) is 67.9 Å². The number of ether oxygens (including phenoxy) is 2. The van der Waals surface area contributed by atoms with Gasteiger partial charge < -0.3 is 19.7 Å². The average Bonchev–Trinajstić information content (AvgIpc) is 2.77. The highest BCUT2D eigenvalue weighted by molar-refractivity contribution is 6.17. The van der Waals surface area contributed by atoms with Crippen LogP contribution in [0.4, 0.5) is 11.4 Å². The Morgan fingerprint density at radius 2 is 1.83 bits per heavy atom. The summed E-state index contributed by atoms with van der Waals surface area (Å²) in [6.45, 7) is 0. The summed E-state index contributed by atoms with van der Waals surface area (Å²) in [5.74, 6) is 1.63. The van der Waals surface area contributed by atoms with E-state index in [4.69, 9.17) is 21.1 Å². The predicted octanol–water partition coefficient (Wildman–Crippen LogP) is 4.73. The zero-order valence-corrected chi connectivity index (χ0v) is 18.2. The van der Waals surface area contributed by atoms with E-state index in [1.54, 1.807) is 20.3 Å². The summed E-state index contributed by atoms with van der Waals surface area (Å²) < 4.78 is 10.8. The molecule has 0 atom stereocenters. The maximum Gasteiger partial charge on any atom is 0.224 e. The summed E-state index contributed by atoms with van der Waals surface area (Å²) in [7, 11) is 4.98. The largest absolute Gasteiger partial charge is 0.496 e. The van der Waals surface area contributed by atoms with E-state index in [-0.39, 0.29) is 5.91 Å². The zero-order chi connectivity index (χ0) is 21.9. The molecule has 0 saturated heterocycles. The molecule has 0 aliphatic carbocycles. The molecule has 1 N–H and O–H groups in total. The highest BCUT2D eigenvalue weighted by Crippen LogP contribution is 2.35. The van der Waals surface area contributed by atoms with Crippen LogP contribution in [0, 0.1) is 0 Å². The molecule has 0 spiro atoms. The molecule has 2 aromatic rings. The van der Waals surface area contributed by atoms with Crippen LogP contribution in [0.5, 0.6) is 11.5 Å². The summed E-state index contributed by atoms with van der Waals surface area (Å²) in [5, 5.41) is 2.90. The van der Waals surface area contributed by atoms with Gasteiger partial charge in [0, 0.05) is 36.7 Å². The lowest BCUT2D eigenvalue weighted by atomic mass is 10.1. The average molecular weight is 431 g/mol. The second kappa shape index (κ2) is 11.9. The third-order valence-corrected chi connectivity index (χ3v) is 4.87. The molecule has 0 aliphatic rings. The molecule has 0 bridgehead atoms. The lowest BCUT2D eigenvalue weighted by Crippen LogP contribution is -2.17. The molecule has 7 heteroatoms. The molecule has 0 fully saturated rings. The van der Waals surface area contributed by atoms with E-state index in [0.717, 1.165) is 30.4 Å². The number of para-hydroxylation sites is 1. The number of rotatable bonds is 11. The second-order valence-electron chi connectivity index (χ2n) is 6.53. The van der Waals surface area contributed by atoms with E-state index in [2.05, 4.69) is 5.32 Å². The first-order chi connectivity index (χ1) is 14.5. The molecule has 30 heavy (non-hydrogen) atoms. The quantitative estimate of drug-likeness (QED) is 0.241. The summed E-state index contributed by atoms with van der Waals surface area (Å²) in [5.41, 5.74) is 2.76. The first kappa shape index (κ1) is 23.3. The maximum atomic E-state index is 12.3. The highest BCUT2D eigenvalue weighted by atomic mass is 35.5. The number of unbranched alkanes of at least 4 members (excludes halogenated alkanes) is 1. The van der Waals surface area contributed by atoms with Crippen molar-refractivity contribution >= 4 is 40.9 Å². The van der Waals surface area contributed by atoms with Gasteiger partial charge in [0.1, 0.15) is 17.8 Å². The number of carbonyl (C=O) groups is 2. The standard InChI is InChI=1S/C23H27ClN2O4/c1-26(20(13-15-27)18-8-4-5-9-21(18)29-2)17-11-12-22(30-3)19(16-17)25-23(28)10-6-7-14-24/h4-5,8-9,11-13,15-16H,6-7,10,14H2,1-3H3,(H,25,28)/b20-13+. The Labute approximate surface area is 182 Å². The number of carbonyl (C=O) groups excluding carboxylic acids is 2. The first-order valence-electron chi connectivity index (χ1n) is 9.62. The van der Waals surface area contributed by atoms with Crippen LogP contribution in [0.3, 0.4) is 0 Å². The number of alkyl halides is 1. The minimum atomic E-state index is -0.105. The number of methoxy groups -OCH3 is 2. The molecule has 2 rings (SSSR count). The van der Waals surface area contributed by atoms with Crippen molar-refractivity contribution in [3.8, 4) is 11.5 Å². The number of hydrogen-bond donors (Lipinski definition) is 1. The van der Waals surface area contributed by atoms with Crippen molar-refractivity contribution in [2.75, 3.05) is 37.4 Å². The van der Waals surface area contributed by atoms with E-state index in [9.17, 15) is 9.59 Å². The molecule has 1 amide bonds. The molecule has 0 aromatic heterocycles. The van der Waals surface area contributed by atoms with Crippen molar-refractivity contribution in [2.24, 2.45) is 0 Å². The number of halogens is 1. The number of anilines is 2. The van der Waals surface area contributed by atoms with E-state index >= 15 is 0 Å². The molecule has 160 valence electrons. The molecule has 0 unspecified atom stereocenters. The third-order valence-electron chi connectivity index (χ3n) is 4.60. The van der Waals surface area contributed by atoms with E-state index in [0.29, 0.717) is 35.2 Å². The monoisotopic (exact) mass is 430 g/mol. The summed E-state index contributed by atoms with van der Waals surface area (Å²) in [6, 6.07) is 12.9. The van der Waals surface area contributed by atoms with E-state index < -0.39 is 0 Å². The SMILES string of the molecule is COc1ccc(N(C)/C(=C/C=O)c2ccccc2OC)cc1NC(=O)CCCCCl. The second-order valence-corrected chi connectivity index (χ2v) is 6.90. The van der Waals surface area contributed by atoms with Crippen molar-refractivity contribution in [1.82, 2.24) is 0 Å². The molecule has 0 aliphatic heterocycles. The van der Waals surface area contributed by atoms with Crippen LogP contribution in [0.25, 0.3) is 5.70 Å². The van der Waals surface area contributed by atoms with Crippen molar-refractivity contribution in [3.63, 3.8) is 0 Å². The van der Waals surface area contributed by atoms with Gasteiger partial charge in [-0.25, -0.2) is 0 Å². The van der Waals surface area contributed by atoms with E-state index in [1.807, 2.05) is 48.3 Å². The fraction of sp³-hybridized carbons (Fsp3) is 0.304. The van der Waals surface area contributed by atoms with Crippen LogP contribution in [0.2, 0.25) is 0 Å². The number of aldehydes is 1.